The van der Waals surface area contributed by atoms with Crippen molar-refractivity contribution in [3.05, 3.63) is 59.8 Å². The lowest BCUT2D eigenvalue weighted by atomic mass is 10.1. The van der Waals surface area contributed by atoms with E-state index in [0.29, 0.717) is 59.4 Å². The number of urea groups is 1. The number of hydrogen-bond donors (Lipinski definition) is 2. The molecule has 2 N–H and O–H groups in total. The fourth-order valence-corrected chi connectivity index (χ4v) is 5.31. The number of nitrogens with zero attached hydrogens (tertiary/aromatic N) is 3. The molecular weight excluding hydrogens is 432 g/mol. The zero-order valence-electron chi connectivity index (χ0n) is 17.0. The number of amides is 2. The summed E-state index contributed by atoms with van der Waals surface area (Å²) in [6.07, 6.45) is 0. The van der Waals surface area contributed by atoms with Crippen molar-refractivity contribution in [1.29, 1.82) is 0 Å². The van der Waals surface area contributed by atoms with Crippen molar-refractivity contribution in [2.45, 2.75) is 10.6 Å². The maximum absolute atomic E-state index is 12.7. The van der Waals surface area contributed by atoms with E-state index in [1.54, 1.807) is 39.9 Å². The van der Waals surface area contributed by atoms with Gasteiger partial charge in [-0.2, -0.15) is 5.10 Å². The van der Waals surface area contributed by atoms with Crippen LogP contribution in [0.1, 0.15) is 16.1 Å². The molecule has 2 aliphatic rings. The van der Waals surface area contributed by atoms with Gasteiger partial charge in [0, 0.05) is 18.8 Å². The van der Waals surface area contributed by atoms with Crippen LogP contribution < -0.4 is 5.32 Å². The Morgan fingerprint density at radius 2 is 1.91 bits per heavy atom. The number of ether oxygens (including phenoxy) is 1. The normalized spacial score (nSPS) is 17.4. The number of aromatic carboxylic acids is 1. The van der Waals surface area contributed by atoms with Gasteiger partial charge in [0.05, 0.1) is 35.7 Å². The Hall–Kier alpha value is -3.34. The number of carboxylic acid groups (broad SMARTS) is 1. The summed E-state index contributed by atoms with van der Waals surface area (Å²) < 4.78 is 19.6. The Labute approximate surface area is 186 Å². The number of morpholine rings is 1. The van der Waals surface area contributed by atoms with Gasteiger partial charge in [0.15, 0.2) is 10.6 Å². The molecule has 10 heteroatoms. The molecule has 0 bridgehead atoms. The van der Waals surface area contributed by atoms with Gasteiger partial charge >= 0.3 is 12.0 Å². The number of aromatic nitrogens is 2. The summed E-state index contributed by atoms with van der Waals surface area (Å²) >= 11 is -1.35. The molecule has 2 amide bonds. The van der Waals surface area contributed by atoms with Crippen molar-refractivity contribution in [2.24, 2.45) is 0 Å². The first-order valence-corrected chi connectivity index (χ1v) is 11.4. The minimum Gasteiger partial charge on any atom is -0.611 e. The van der Waals surface area contributed by atoms with Crippen molar-refractivity contribution in [3.8, 4) is 16.9 Å². The van der Waals surface area contributed by atoms with Crippen LogP contribution in [0, 0.1) is 0 Å². The molecule has 32 heavy (non-hydrogen) atoms. The predicted molar refractivity (Wildman–Crippen MR) is 117 cm³/mol. The Balaban J connectivity index is 1.55. The van der Waals surface area contributed by atoms with Crippen LogP contribution in [0.5, 0.6) is 0 Å². The summed E-state index contributed by atoms with van der Waals surface area (Å²) in [7, 11) is 0. The van der Waals surface area contributed by atoms with Gasteiger partial charge in [-0.25, -0.2) is 14.3 Å². The first-order chi connectivity index (χ1) is 15.5. The van der Waals surface area contributed by atoms with E-state index in [0.717, 1.165) is 0 Å². The number of nitrogens with one attached hydrogen (secondary N) is 1. The van der Waals surface area contributed by atoms with E-state index in [-0.39, 0.29) is 17.5 Å². The Kier molecular flexibility index (Phi) is 5.33. The summed E-state index contributed by atoms with van der Waals surface area (Å²) in [5.41, 5.74) is 2.77. The van der Waals surface area contributed by atoms with Crippen molar-refractivity contribution in [3.63, 3.8) is 0 Å². The van der Waals surface area contributed by atoms with E-state index >= 15 is 0 Å². The highest BCUT2D eigenvalue weighted by atomic mass is 32.2. The molecule has 3 aromatic rings. The van der Waals surface area contributed by atoms with E-state index < -0.39 is 17.1 Å². The quantitative estimate of drug-likeness (QED) is 0.590. The second-order valence-corrected chi connectivity index (χ2v) is 8.88. The summed E-state index contributed by atoms with van der Waals surface area (Å²) in [5, 5.41) is 16.9. The number of carbonyl (C=O) groups is 2. The molecule has 0 aliphatic carbocycles. The number of hydrogen-bond acceptors (Lipinski definition) is 5. The van der Waals surface area contributed by atoms with Gasteiger partial charge in [-0.05, 0) is 41.5 Å². The molecule has 0 spiro atoms. The first-order valence-electron chi connectivity index (χ1n) is 10.1. The topological polar surface area (TPSA) is 120 Å². The molecular formula is C22H20N4O5S. The molecule has 1 saturated heterocycles. The molecule has 3 heterocycles. The van der Waals surface area contributed by atoms with Crippen molar-refractivity contribution in [2.75, 3.05) is 31.6 Å². The fourth-order valence-electron chi connectivity index (χ4n) is 3.98. The van der Waals surface area contributed by atoms with Crippen LogP contribution in [0.2, 0.25) is 0 Å². The number of rotatable bonds is 3. The van der Waals surface area contributed by atoms with Crippen LogP contribution in [0.25, 0.3) is 16.9 Å². The molecule has 0 saturated carbocycles. The zero-order chi connectivity index (χ0) is 22.2. The molecule has 5 rings (SSSR count). The molecule has 164 valence electrons. The lowest BCUT2D eigenvalue weighted by Crippen LogP contribution is -2.43. The lowest BCUT2D eigenvalue weighted by Gasteiger charge is -2.27. The lowest BCUT2D eigenvalue weighted by molar-refractivity contribution is 0.0564. The average Bonchev–Trinajstić information content (AvgIpc) is 3.20. The highest BCUT2D eigenvalue weighted by molar-refractivity contribution is 7.90. The summed E-state index contributed by atoms with van der Waals surface area (Å²) in [6, 6.07) is 14.1. The molecule has 2 aromatic carbocycles. The smallest absolute Gasteiger partial charge is 0.356 e. The van der Waals surface area contributed by atoms with E-state index in [4.69, 9.17) is 4.74 Å². The Morgan fingerprint density at radius 3 is 2.69 bits per heavy atom. The third-order valence-corrected chi connectivity index (χ3v) is 6.89. The highest BCUT2D eigenvalue weighted by Gasteiger charge is 2.35. The SMILES string of the molecule is O=C(O)c1nn(-c2cccc(NC(=O)N3CCOCC3)c2)c2c1C[S+]([O-])c1ccccc1-2. The average molecular weight is 452 g/mol. The van der Waals surface area contributed by atoms with Crippen LogP contribution in [0.15, 0.2) is 53.4 Å². The van der Waals surface area contributed by atoms with Crippen LogP contribution in [-0.2, 0) is 21.7 Å². The van der Waals surface area contributed by atoms with Crippen molar-refractivity contribution in [1.82, 2.24) is 14.7 Å². The van der Waals surface area contributed by atoms with Gasteiger partial charge in [-0.15, -0.1) is 0 Å². The van der Waals surface area contributed by atoms with Crippen LogP contribution in [0.3, 0.4) is 0 Å². The fraction of sp³-hybridized carbons (Fsp3) is 0.227. The van der Waals surface area contributed by atoms with Crippen molar-refractivity contribution >= 4 is 28.9 Å². The monoisotopic (exact) mass is 452 g/mol. The number of carbonyl (C=O) groups excluding carboxylic acids is 1. The second-order valence-electron chi connectivity index (χ2n) is 7.46. The second kappa shape index (κ2) is 8.30. The Bertz CT molecular complexity index is 1200. The van der Waals surface area contributed by atoms with E-state index in [1.165, 1.54) is 0 Å². The number of anilines is 1. The van der Waals surface area contributed by atoms with E-state index in [2.05, 4.69) is 10.4 Å². The van der Waals surface area contributed by atoms with Crippen LogP contribution >= 0.6 is 0 Å². The predicted octanol–water partition coefficient (Wildman–Crippen LogP) is 2.72. The maximum atomic E-state index is 12.7. The molecule has 2 aliphatic heterocycles. The van der Waals surface area contributed by atoms with Gasteiger partial charge in [-0.1, -0.05) is 18.2 Å². The molecule has 9 nitrogen and oxygen atoms in total. The molecule has 1 unspecified atom stereocenters. The molecule has 1 atom stereocenters. The number of carboxylic acids is 1. The van der Waals surface area contributed by atoms with E-state index in [9.17, 15) is 19.2 Å². The van der Waals surface area contributed by atoms with Gasteiger partial charge < -0.3 is 24.6 Å². The van der Waals surface area contributed by atoms with Gasteiger partial charge in [-0.3, -0.25) is 0 Å². The van der Waals surface area contributed by atoms with Gasteiger partial charge in [0.1, 0.15) is 5.75 Å². The summed E-state index contributed by atoms with van der Waals surface area (Å²) in [6.45, 7) is 2.05. The molecule has 1 aromatic heterocycles. The number of fused-ring (bicyclic) bond motifs is 3. The largest absolute Gasteiger partial charge is 0.611 e. The van der Waals surface area contributed by atoms with E-state index in [1.807, 2.05) is 18.2 Å². The molecule has 1 fully saturated rings. The van der Waals surface area contributed by atoms with Crippen LogP contribution in [0.4, 0.5) is 10.5 Å². The molecule has 0 radical (unpaired) electrons. The van der Waals surface area contributed by atoms with Gasteiger partial charge in [0.25, 0.3) is 0 Å². The minimum atomic E-state index is -1.35. The van der Waals surface area contributed by atoms with Crippen LogP contribution in [-0.4, -0.2) is 62.6 Å². The number of benzene rings is 2. The summed E-state index contributed by atoms with van der Waals surface area (Å²) in [5.74, 6) is -1.09. The van der Waals surface area contributed by atoms with Gasteiger partial charge in [0.2, 0.25) is 0 Å². The minimum absolute atomic E-state index is 0.0848. The zero-order valence-corrected chi connectivity index (χ0v) is 17.8. The third-order valence-electron chi connectivity index (χ3n) is 5.49. The summed E-state index contributed by atoms with van der Waals surface area (Å²) in [4.78, 5) is 26.8. The third kappa shape index (κ3) is 3.62. The van der Waals surface area contributed by atoms with Crippen molar-refractivity contribution < 1.29 is 24.0 Å². The standard InChI is InChI=1S/C22H20N4O5S/c27-21(28)19-17-13-32(30)18-7-2-1-6-16(18)20(17)26(24-19)15-5-3-4-14(12-15)23-22(29)25-8-10-31-11-9-25/h1-7,12H,8-11,13H2,(H,23,29)(H,27,28). The maximum Gasteiger partial charge on any atom is 0.356 e. The first kappa shape index (κ1) is 20.6. The highest BCUT2D eigenvalue weighted by Crippen LogP contribution is 2.40. The Morgan fingerprint density at radius 1 is 1.12 bits per heavy atom.